The Morgan fingerprint density at radius 3 is 2.23 bits per heavy atom. The number of benzene rings is 1. The van der Waals surface area contributed by atoms with E-state index in [0.29, 0.717) is 10.6 Å². The van der Waals surface area contributed by atoms with E-state index in [1.165, 1.54) is 5.56 Å². The van der Waals surface area contributed by atoms with E-state index in [1.807, 2.05) is 12.1 Å². The Morgan fingerprint density at radius 2 is 1.55 bits per heavy atom. The summed E-state index contributed by atoms with van der Waals surface area (Å²) in [5.41, 5.74) is 2.72. The Kier molecular flexibility index (Phi) is 4.04. The maximum absolute atomic E-state index is 12.1. The summed E-state index contributed by atoms with van der Waals surface area (Å²) in [7, 11) is 0. The SMILES string of the molecule is O=C(ON1C(=O)CCC1=O)c1ccc2c(c1)CC/C=C\CC2. The lowest BCUT2D eigenvalue weighted by Gasteiger charge is -2.15. The largest absolute Gasteiger partial charge is 0.363 e. The first-order valence-electron chi connectivity index (χ1n) is 7.50. The van der Waals surface area contributed by atoms with Crippen LogP contribution in [0.2, 0.25) is 0 Å². The second-order valence-electron chi connectivity index (χ2n) is 5.49. The Balaban J connectivity index is 1.77. The van der Waals surface area contributed by atoms with Crippen LogP contribution in [-0.2, 0) is 27.3 Å². The van der Waals surface area contributed by atoms with Crippen LogP contribution in [0.4, 0.5) is 0 Å². The third-order valence-corrected chi connectivity index (χ3v) is 3.95. The van der Waals surface area contributed by atoms with Gasteiger partial charge in [-0.1, -0.05) is 18.2 Å². The lowest BCUT2D eigenvalue weighted by molar-refractivity contribution is -0.172. The second kappa shape index (κ2) is 6.13. The highest BCUT2D eigenvalue weighted by atomic mass is 16.7. The smallest absolute Gasteiger partial charge is 0.325 e. The predicted octanol–water partition coefficient (Wildman–Crippen LogP) is 2.34. The monoisotopic (exact) mass is 299 g/mol. The topological polar surface area (TPSA) is 63.7 Å². The van der Waals surface area contributed by atoms with Crippen molar-refractivity contribution in [3.05, 3.63) is 47.0 Å². The van der Waals surface area contributed by atoms with Gasteiger partial charge in [0, 0.05) is 12.8 Å². The molecule has 1 aromatic rings. The molecule has 0 saturated carbocycles. The number of fused-ring (bicyclic) bond motifs is 1. The van der Waals surface area contributed by atoms with Crippen LogP contribution in [0, 0.1) is 0 Å². The molecule has 0 aromatic heterocycles. The summed E-state index contributed by atoms with van der Waals surface area (Å²) in [5, 5.41) is 0.585. The Labute approximate surface area is 128 Å². The van der Waals surface area contributed by atoms with Gasteiger partial charge in [0.2, 0.25) is 0 Å². The molecular formula is C17H17NO4. The molecule has 1 fully saturated rings. The molecular weight excluding hydrogens is 282 g/mol. The molecule has 1 aliphatic carbocycles. The summed E-state index contributed by atoms with van der Waals surface area (Å²) in [4.78, 5) is 40.1. The van der Waals surface area contributed by atoms with E-state index in [2.05, 4.69) is 12.2 Å². The van der Waals surface area contributed by atoms with Crippen molar-refractivity contribution < 1.29 is 19.2 Å². The zero-order valence-corrected chi connectivity index (χ0v) is 12.2. The summed E-state index contributed by atoms with van der Waals surface area (Å²) in [6, 6.07) is 5.43. The van der Waals surface area contributed by atoms with Gasteiger partial charge < -0.3 is 4.84 Å². The van der Waals surface area contributed by atoms with Crippen LogP contribution in [0.25, 0.3) is 0 Å². The zero-order valence-electron chi connectivity index (χ0n) is 12.2. The quantitative estimate of drug-likeness (QED) is 0.621. The number of allylic oxidation sites excluding steroid dienone is 2. The van der Waals surface area contributed by atoms with Crippen molar-refractivity contribution in [3.8, 4) is 0 Å². The third-order valence-electron chi connectivity index (χ3n) is 3.95. The van der Waals surface area contributed by atoms with E-state index in [9.17, 15) is 14.4 Å². The number of hydrogen-bond acceptors (Lipinski definition) is 4. The predicted molar refractivity (Wildman–Crippen MR) is 78.7 cm³/mol. The number of nitrogens with zero attached hydrogens (tertiary/aromatic N) is 1. The Bertz CT molecular complexity index is 647. The zero-order chi connectivity index (χ0) is 15.5. The number of imide groups is 1. The molecule has 114 valence electrons. The fraction of sp³-hybridized carbons (Fsp3) is 0.353. The fourth-order valence-corrected chi connectivity index (χ4v) is 2.74. The molecule has 0 spiro atoms. The van der Waals surface area contributed by atoms with Gasteiger partial charge in [0.05, 0.1) is 5.56 Å². The van der Waals surface area contributed by atoms with Crippen LogP contribution in [-0.4, -0.2) is 22.8 Å². The molecule has 22 heavy (non-hydrogen) atoms. The Morgan fingerprint density at radius 1 is 0.909 bits per heavy atom. The average Bonchev–Trinajstić information content (AvgIpc) is 2.79. The highest BCUT2D eigenvalue weighted by molar-refractivity contribution is 6.02. The highest BCUT2D eigenvalue weighted by Crippen LogP contribution is 2.20. The van der Waals surface area contributed by atoms with Gasteiger partial charge in [-0.15, -0.1) is 5.06 Å². The minimum atomic E-state index is -0.663. The van der Waals surface area contributed by atoms with Crippen molar-refractivity contribution in [3.63, 3.8) is 0 Å². The summed E-state index contributed by atoms with van der Waals surface area (Å²) < 4.78 is 0. The molecule has 0 N–H and O–H groups in total. The van der Waals surface area contributed by atoms with Gasteiger partial charge in [-0.25, -0.2) is 4.79 Å². The third kappa shape index (κ3) is 2.93. The van der Waals surface area contributed by atoms with E-state index in [0.717, 1.165) is 31.2 Å². The maximum atomic E-state index is 12.1. The second-order valence-corrected chi connectivity index (χ2v) is 5.49. The number of amides is 2. The number of carbonyl (C=O) groups is 3. The molecule has 2 aliphatic rings. The molecule has 2 amide bonds. The van der Waals surface area contributed by atoms with Crippen molar-refractivity contribution in [1.82, 2.24) is 5.06 Å². The van der Waals surface area contributed by atoms with Gasteiger partial charge in [0.15, 0.2) is 0 Å². The van der Waals surface area contributed by atoms with Crippen LogP contribution in [0.15, 0.2) is 30.4 Å². The van der Waals surface area contributed by atoms with Crippen molar-refractivity contribution in [2.24, 2.45) is 0 Å². The van der Waals surface area contributed by atoms with Crippen LogP contribution in [0.5, 0.6) is 0 Å². The normalized spacial score (nSPS) is 19.4. The summed E-state index contributed by atoms with van der Waals surface area (Å²) in [6.07, 6.45) is 8.28. The van der Waals surface area contributed by atoms with E-state index in [-0.39, 0.29) is 12.8 Å². The maximum Gasteiger partial charge on any atom is 0.363 e. The van der Waals surface area contributed by atoms with Crippen molar-refractivity contribution in [2.45, 2.75) is 38.5 Å². The van der Waals surface area contributed by atoms with E-state index in [4.69, 9.17) is 4.84 Å². The van der Waals surface area contributed by atoms with Crippen molar-refractivity contribution in [1.29, 1.82) is 0 Å². The highest BCUT2D eigenvalue weighted by Gasteiger charge is 2.33. The molecule has 3 rings (SSSR count). The number of hydroxylamine groups is 2. The van der Waals surface area contributed by atoms with Crippen molar-refractivity contribution >= 4 is 17.8 Å². The number of aryl methyl sites for hydroxylation is 2. The van der Waals surface area contributed by atoms with Gasteiger partial charge in [0.1, 0.15) is 0 Å². The van der Waals surface area contributed by atoms with Gasteiger partial charge in [-0.2, -0.15) is 0 Å². The van der Waals surface area contributed by atoms with Crippen molar-refractivity contribution in [2.75, 3.05) is 0 Å². The summed E-state index contributed by atoms with van der Waals surface area (Å²) in [6.45, 7) is 0. The fourth-order valence-electron chi connectivity index (χ4n) is 2.74. The average molecular weight is 299 g/mol. The molecule has 0 unspecified atom stereocenters. The minimum absolute atomic E-state index is 0.0998. The van der Waals surface area contributed by atoms with Crippen LogP contribution in [0.1, 0.15) is 47.2 Å². The van der Waals surface area contributed by atoms with E-state index < -0.39 is 17.8 Å². The van der Waals surface area contributed by atoms with Gasteiger partial charge in [-0.05, 0) is 48.9 Å². The standard InChI is InChI=1S/C17H17NO4/c19-15-9-10-16(20)18(15)22-17(21)14-8-7-12-5-3-1-2-4-6-13(12)11-14/h1-2,7-8,11H,3-6,9-10H2/b2-1-. The van der Waals surface area contributed by atoms with Crippen LogP contribution < -0.4 is 0 Å². The van der Waals surface area contributed by atoms with Gasteiger partial charge >= 0.3 is 5.97 Å². The lowest BCUT2D eigenvalue weighted by Crippen LogP contribution is -2.32. The number of hydrogen-bond donors (Lipinski definition) is 0. The first kappa shape index (κ1) is 14.5. The lowest BCUT2D eigenvalue weighted by atomic mass is 9.95. The molecule has 1 aliphatic heterocycles. The molecule has 5 heteroatoms. The first-order valence-corrected chi connectivity index (χ1v) is 7.50. The molecule has 1 aromatic carbocycles. The molecule has 1 saturated heterocycles. The van der Waals surface area contributed by atoms with Gasteiger partial charge in [0.25, 0.3) is 11.8 Å². The Hall–Kier alpha value is -2.43. The van der Waals surface area contributed by atoms with Crippen LogP contribution in [0.3, 0.4) is 0 Å². The molecule has 0 radical (unpaired) electrons. The van der Waals surface area contributed by atoms with Gasteiger partial charge in [-0.3, -0.25) is 9.59 Å². The molecule has 0 atom stereocenters. The number of rotatable bonds is 2. The first-order chi connectivity index (χ1) is 10.6. The van der Waals surface area contributed by atoms with E-state index >= 15 is 0 Å². The summed E-state index contributed by atoms with van der Waals surface area (Å²) >= 11 is 0. The minimum Gasteiger partial charge on any atom is -0.325 e. The van der Waals surface area contributed by atoms with Crippen LogP contribution >= 0.6 is 0 Å². The molecule has 5 nitrogen and oxygen atoms in total. The molecule has 0 bridgehead atoms. The number of carbonyl (C=O) groups excluding carboxylic acids is 3. The van der Waals surface area contributed by atoms with E-state index in [1.54, 1.807) is 6.07 Å². The molecule has 1 heterocycles. The summed E-state index contributed by atoms with van der Waals surface area (Å²) in [5.74, 6) is -1.59.